The van der Waals surface area contributed by atoms with E-state index in [1.807, 2.05) is 79.7 Å². The Morgan fingerprint density at radius 1 is 0.926 bits per heavy atom. The van der Waals surface area contributed by atoms with Gasteiger partial charge in [-0.2, -0.15) is 0 Å². The van der Waals surface area contributed by atoms with Gasteiger partial charge in [0.25, 0.3) is 0 Å². The standard InChI is InChI=1S/C24H24N2O/c1-19(26-24(27)16-15-20-9-4-2-5-10-20)22-13-8-14-23(17-22)25-18-21-11-6-3-7-12-21/h2-17,19,25H,18H2,1H3,(H,26,27)/b16-15+/t19-/m0/s1. The second-order valence-corrected chi connectivity index (χ2v) is 6.44. The van der Waals surface area contributed by atoms with Crippen LogP contribution in [0.2, 0.25) is 0 Å². The molecule has 136 valence electrons. The zero-order valence-corrected chi connectivity index (χ0v) is 15.4. The third-order valence-corrected chi connectivity index (χ3v) is 4.31. The van der Waals surface area contributed by atoms with E-state index in [4.69, 9.17) is 0 Å². The summed E-state index contributed by atoms with van der Waals surface area (Å²) in [4.78, 5) is 12.2. The lowest BCUT2D eigenvalue weighted by atomic mass is 10.1. The number of hydrogen-bond acceptors (Lipinski definition) is 2. The van der Waals surface area contributed by atoms with Crippen LogP contribution in [0.5, 0.6) is 0 Å². The Morgan fingerprint density at radius 2 is 1.63 bits per heavy atom. The predicted molar refractivity (Wildman–Crippen MR) is 112 cm³/mol. The van der Waals surface area contributed by atoms with Gasteiger partial charge in [-0.15, -0.1) is 0 Å². The molecular formula is C24H24N2O. The molecule has 0 heterocycles. The van der Waals surface area contributed by atoms with Crippen LogP contribution in [0.1, 0.15) is 29.7 Å². The fourth-order valence-corrected chi connectivity index (χ4v) is 2.80. The van der Waals surface area contributed by atoms with E-state index in [1.165, 1.54) is 5.56 Å². The van der Waals surface area contributed by atoms with Crippen LogP contribution >= 0.6 is 0 Å². The van der Waals surface area contributed by atoms with Crippen LogP contribution in [0.15, 0.2) is 91.0 Å². The SMILES string of the molecule is C[C@H](NC(=O)/C=C/c1ccccc1)c1cccc(NCc2ccccc2)c1. The van der Waals surface area contributed by atoms with Crippen molar-refractivity contribution in [1.82, 2.24) is 5.32 Å². The molecule has 3 nitrogen and oxygen atoms in total. The van der Waals surface area contributed by atoms with Crippen LogP contribution in [0, 0.1) is 0 Å². The first-order chi connectivity index (χ1) is 13.2. The molecule has 1 amide bonds. The summed E-state index contributed by atoms with van der Waals surface area (Å²) in [6.07, 6.45) is 3.39. The summed E-state index contributed by atoms with van der Waals surface area (Å²) in [5.74, 6) is -0.103. The Bertz CT molecular complexity index is 889. The number of carbonyl (C=O) groups is 1. The minimum Gasteiger partial charge on any atom is -0.381 e. The Hall–Kier alpha value is -3.33. The summed E-state index contributed by atoms with van der Waals surface area (Å²) < 4.78 is 0. The average molecular weight is 356 g/mol. The highest BCUT2D eigenvalue weighted by molar-refractivity contribution is 5.91. The smallest absolute Gasteiger partial charge is 0.244 e. The van der Waals surface area contributed by atoms with Crippen LogP contribution in [-0.2, 0) is 11.3 Å². The van der Waals surface area contributed by atoms with Crippen molar-refractivity contribution in [3.05, 3.63) is 108 Å². The zero-order valence-electron chi connectivity index (χ0n) is 15.4. The van der Waals surface area contributed by atoms with Crippen LogP contribution < -0.4 is 10.6 Å². The normalized spacial score (nSPS) is 11.9. The zero-order chi connectivity index (χ0) is 18.9. The quantitative estimate of drug-likeness (QED) is 0.572. The lowest BCUT2D eigenvalue weighted by Gasteiger charge is -2.15. The molecular weight excluding hydrogens is 332 g/mol. The Balaban J connectivity index is 1.57. The Kier molecular flexibility index (Phi) is 6.42. The number of rotatable bonds is 7. The molecule has 2 N–H and O–H groups in total. The van der Waals surface area contributed by atoms with Crippen molar-refractivity contribution in [2.75, 3.05) is 5.32 Å². The molecule has 0 aliphatic heterocycles. The van der Waals surface area contributed by atoms with Gasteiger partial charge in [0.15, 0.2) is 0 Å². The van der Waals surface area contributed by atoms with Gasteiger partial charge in [0.2, 0.25) is 5.91 Å². The number of benzene rings is 3. The van der Waals surface area contributed by atoms with Gasteiger partial charge in [-0.1, -0.05) is 72.8 Å². The first-order valence-electron chi connectivity index (χ1n) is 9.12. The third-order valence-electron chi connectivity index (χ3n) is 4.31. The second kappa shape index (κ2) is 9.39. The Labute approximate surface area is 160 Å². The van der Waals surface area contributed by atoms with E-state index in [1.54, 1.807) is 6.08 Å². The largest absolute Gasteiger partial charge is 0.381 e. The van der Waals surface area contributed by atoms with E-state index in [-0.39, 0.29) is 11.9 Å². The number of nitrogens with one attached hydrogen (secondary N) is 2. The highest BCUT2D eigenvalue weighted by Crippen LogP contribution is 2.18. The first kappa shape index (κ1) is 18.5. The van der Waals surface area contributed by atoms with Gasteiger partial charge >= 0.3 is 0 Å². The van der Waals surface area contributed by atoms with Crippen LogP contribution in [0.3, 0.4) is 0 Å². The van der Waals surface area contributed by atoms with E-state index in [2.05, 4.69) is 28.8 Å². The third kappa shape index (κ3) is 5.86. The highest BCUT2D eigenvalue weighted by Gasteiger charge is 2.08. The van der Waals surface area contributed by atoms with Crippen molar-refractivity contribution in [3.8, 4) is 0 Å². The number of carbonyl (C=O) groups excluding carboxylic acids is 1. The lowest BCUT2D eigenvalue weighted by Crippen LogP contribution is -2.24. The lowest BCUT2D eigenvalue weighted by molar-refractivity contribution is -0.117. The van der Waals surface area contributed by atoms with Crippen LogP contribution in [-0.4, -0.2) is 5.91 Å². The van der Waals surface area contributed by atoms with Crippen molar-refractivity contribution in [1.29, 1.82) is 0 Å². The summed E-state index contributed by atoms with van der Waals surface area (Å²) in [6, 6.07) is 28.2. The molecule has 0 aliphatic rings. The molecule has 0 aromatic heterocycles. The van der Waals surface area contributed by atoms with Gasteiger partial charge in [-0.25, -0.2) is 0 Å². The summed E-state index contributed by atoms with van der Waals surface area (Å²) in [7, 11) is 0. The monoisotopic (exact) mass is 356 g/mol. The van der Waals surface area contributed by atoms with Crippen molar-refractivity contribution in [3.63, 3.8) is 0 Å². The summed E-state index contributed by atoms with van der Waals surface area (Å²) in [6.45, 7) is 2.76. The van der Waals surface area contributed by atoms with Gasteiger partial charge in [0.1, 0.15) is 0 Å². The predicted octanol–water partition coefficient (Wildman–Crippen LogP) is 5.19. The second-order valence-electron chi connectivity index (χ2n) is 6.44. The maximum atomic E-state index is 12.2. The molecule has 27 heavy (non-hydrogen) atoms. The number of anilines is 1. The molecule has 0 bridgehead atoms. The topological polar surface area (TPSA) is 41.1 Å². The molecule has 0 radical (unpaired) electrons. The molecule has 0 fully saturated rings. The van der Waals surface area contributed by atoms with E-state index < -0.39 is 0 Å². The molecule has 3 aromatic rings. The minimum atomic E-state index is -0.103. The van der Waals surface area contributed by atoms with Gasteiger partial charge in [0.05, 0.1) is 6.04 Å². The van der Waals surface area contributed by atoms with Gasteiger partial charge in [-0.05, 0) is 41.8 Å². The van der Waals surface area contributed by atoms with E-state index in [0.717, 1.165) is 23.4 Å². The highest BCUT2D eigenvalue weighted by atomic mass is 16.1. The maximum absolute atomic E-state index is 12.2. The van der Waals surface area contributed by atoms with E-state index in [9.17, 15) is 4.79 Å². The minimum absolute atomic E-state index is 0.0728. The molecule has 0 aliphatic carbocycles. The summed E-state index contributed by atoms with van der Waals surface area (Å²) in [5.41, 5.74) is 4.34. The fourth-order valence-electron chi connectivity index (χ4n) is 2.80. The first-order valence-corrected chi connectivity index (χ1v) is 9.12. The molecule has 0 spiro atoms. The molecule has 1 atom stereocenters. The Morgan fingerprint density at radius 3 is 2.37 bits per heavy atom. The molecule has 0 unspecified atom stereocenters. The number of amides is 1. The number of hydrogen-bond donors (Lipinski definition) is 2. The summed E-state index contributed by atoms with van der Waals surface area (Å²) in [5, 5.41) is 6.44. The molecule has 3 heteroatoms. The van der Waals surface area contributed by atoms with Crippen molar-refractivity contribution >= 4 is 17.7 Å². The van der Waals surface area contributed by atoms with Crippen molar-refractivity contribution in [2.45, 2.75) is 19.5 Å². The van der Waals surface area contributed by atoms with E-state index in [0.29, 0.717) is 0 Å². The molecule has 0 saturated carbocycles. The molecule has 3 rings (SSSR count). The van der Waals surface area contributed by atoms with Gasteiger partial charge in [-0.3, -0.25) is 4.79 Å². The van der Waals surface area contributed by atoms with Gasteiger partial charge in [0, 0.05) is 18.3 Å². The van der Waals surface area contributed by atoms with Crippen molar-refractivity contribution < 1.29 is 4.79 Å². The maximum Gasteiger partial charge on any atom is 0.244 e. The van der Waals surface area contributed by atoms with E-state index >= 15 is 0 Å². The molecule has 0 saturated heterocycles. The fraction of sp³-hybridized carbons (Fsp3) is 0.125. The van der Waals surface area contributed by atoms with Crippen LogP contribution in [0.25, 0.3) is 6.08 Å². The molecule has 3 aromatic carbocycles. The summed E-state index contributed by atoms with van der Waals surface area (Å²) >= 11 is 0. The van der Waals surface area contributed by atoms with Crippen LogP contribution in [0.4, 0.5) is 5.69 Å². The van der Waals surface area contributed by atoms with Crippen molar-refractivity contribution in [2.24, 2.45) is 0 Å². The average Bonchev–Trinajstić information content (AvgIpc) is 2.72. The van der Waals surface area contributed by atoms with Gasteiger partial charge < -0.3 is 10.6 Å².